The highest BCUT2D eigenvalue weighted by atomic mass is 79.9. The Morgan fingerprint density at radius 2 is 1.68 bits per heavy atom. The summed E-state index contributed by atoms with van der Waals surface area (Å²) in [5, 5.41) is 0. The number of carbonyl (C=O) groups excluding carboxylic acids is 1. The molecule has 2 aliphatic carbocycles. The fourth-order valence-corrected chi connectivity index (χ4v) is 8.76. The number of hydrogen-bond acceptors (Lipinski definition) is 3. The third kappa shape index (κ3) is 3.23. The van der Waals surface area contributed by atoms with E-state index in [9.17, 15) is 13.2 Å². The molecule has 3 aliphatic rings. The van der Waals surface area contributed by atoms with Crippen LogP contribution in [0, 0.1) is 16.7 Å². The molecular weight excluding hydrogens is 440 g/mol. The molecule has 0 radical (unpaired) electrons. The van der Waals surface area contributed by atoms with Crippen LogP contribution < -0.4 is 17.0 Å². The van der Waals surface area contributed by atoms with Gasteiger partial charge in [-0.1, -0.05) is 33.6 Å². The van der Waals surface area contributed by atoms with Crippen molar-refractivity contribution in [3.8, 4) is 0 Å². The number of hydrogen-bond donors (Lipinski definition) is 0. The minimum absolute atomic E-state index is 0. The maximum atomic E-state index is 13.4. The molecule has 0 N–H and O–H groups in total. The van der Waals surface area contributed by atoms with Crippen molar-refractivity contribution in [1.82, 2.24) is 4.31 Å². The molecule has 158 valence electrons. The lowest BCUT2D eigenvalue weighted by Crippen LogP contribution is -3.00. The van der Waals surface area contributed by atoms with Gasteiger partial charge in [0, 0.05) is 5.41 Å². The average molecular weight is 473 g/mol. The number of fused-ring (bicyclic) bond motifs is 1. The molecule has 0 aromatic rings. The Morgan fingerprint density at radius 3 is 2.14 bits per heavy atom. The average Bonchev–Trinajstić information content (AvgIpc) is 3.02. The van der Waals surface area contributed by atoms with E-state index in [1.54, 1.807) is 18.2 Å². The summed E-state index contributed by atoms with van der Waals surface area (Å²) in [6.45, 7) is 17.7. The molecule has 3 atom stereocenters. The number of nitrogens with zero attached hydrogens (tertiary/aromatic N) is 2. The SMILES string of the molecule is C=CC[N+](CC=C)(CC=C)CC(=O)N1[C@H]2C[C@@H]3CC[C@@]2(CS1(=O)=O)C3(C)C.[Br-]. The number of halogens is 1. The zero-order valence-corrected chi connectivity index (χ0v) is 19.5. The van der Waals surface area contributed by atoms with Crippen molar-refractivity contribution in [1.29, 1.82) is 0 Å². The quantitative estimate of drug-likeness (QED) is 0.361. The third-order valence-electron chi connectivity index (χ3n) is 7.68. The first kappa shape index (κ1) is 23.4. The molecule has 5 nitrogen and oxygen atoms in total. The van der Waals surface area contributed by atoms with Crippen molar-refractivity contribution < 1.29 is 34.7 Å². The largest absolute Gasteiger partial charge is 1.00 e. The molecule has 28 heavy (non-hydrogen) atoms. The Balaban J connectivity index is 0.00000280. The van der Waals surface area contributed by atoms with Crippen molar-refractivity contribution in [3.63, 3.8) is 0 Å². The lowest BCUT2D eigenvalue weighted by Gasteiger charge is -2.39. The van der Waals surface area contributed by atoms with E-state index in [4.69, 9.17) is 0 Å². The minimum atomic E-state index is -3.58. The van der Waals surface area contributed by atoms with E-state index < -0.39 is 10.0 Å². The first-order valence-corrected chi connectivity index (χ1v) is 11.4. The second-order valence-electron chi connectivity index (χ2n) is 9.22. The molecule has 1 aliphatic heterocycles. The zero-order valence-electron chi connectivity index (χ0n) is 17.1. The van der Waals surface area contributed by atoms with Crippen molar-refractivity contribution in [3.05, 3.63) is 38.0 Å². The van der Waals surface area contributed by atoms with Crippen molar-refractivity contribution in [2.75, 3.05) is 31.9 Å². The zero-order chi connectivity index (χ0) is 20.1. The summed E-state index contributed by atoms with van der Waals surface area (Å²) in [7, 11) is -3.58. The number of quaternary nitrogens is 1. The van der Waals surface area contributed by atoms with Gasteiger partial charge in [0.1, 0.15) is 0 Å². The lowest BCUT2D eigenvalue weighted by molar-refractivity contribution is -0.904. The van der Waals surface area contributed by atoms with Crippen LogP contribution in [0.1, 0.15) is 33.1 Å². The number of amides is 1. The molecule has 1 saturated heterocycles. The third-order valence-corrected chi connectivity index (χ3v) is 9.61. The lowest BCUT2D eigenvalue weighted by atomic mass is 9.69. The highest BCUT2D eigenvalue weighted by molar-refractivity contribution is 7.90. The monoisotopic (exact) mass is 472 g/mol. The fraction of sp³-hybridized carbons (Fsp3) is 0.667. The first-order valence-electron chi connectivity index (χ1n) is 9.82. The molecule has 0 unspecified atom stereocenters. The van der Waals surface area contributed by atoms with Crippen LogP contribution >= 0.6 is 0 Å². The van der Waals surface area contributed by atoms with Gasteiger partial charge in [0.2, 0.25) is 10.0 Å². The maximum Gasteiger partial charge on any atom is 0.291 e. The van der Waals surface area contributed by atoms with Crippen molar-refractivity contribution in [2.24, 2.45) is 16.7 Å². The summed E-state index contributed by atoms with van der Waals surface area (Å²) in [6.07, 6.45) is 8.12. The number of sulfonamides is 1. The van der Waals surface area contributed by atoms with Gasteiger partial charge in [-0.2, -0.15) is 0 Å². The summed E-state index contributed by atoms with van der Waals surface area (Å²) >= 11 is 0. The Bertz CT molecular complexity index is 750. The van der Waals surface area contributed by atoms with Crippen LogP contribution in [0.5, 0.6) is 0 Å². The van der Waals surface area contributed by atoms with E-state index in [0.717, 1.165) is 19.3 Å². The normalized spacial score (nSPS) is 31.7. The van der Waals surface area contributed by atoms with E-state index >= 15 is 0 Å². The second kappa shape index (κ2) is 7.73. The molecule has 1 spiro atoms. The highest BCUT2D eigenvalue weighted by Crippen LogP contribution is 2.69. The molecule has 0 aromatic carbocycles. The van der Waals surface area contributed by atoms with Gasteiger partial charge in [0.05, 0.1) is 31.4 Å². The van der Waals surface area contributed by atoms with E-state index in [1.807, 2.05) is 0 Å². The molecule has 2 saturated carbocycles. The van der Waals surface area contributed by atoms with Crippen molar-refractivity contribution >= 4 is 15.9 Å². The van der Waals surface area contributed by atoms with Gasteiger partial charge in [-0.15, -0.1) is 0 Å². The molecule has 3 rings (SSSR count). The Kier molecular flexibility index (Phi) is 6.45. The topological polar surface area (TPSA) is 54.5 Å². The van der Waals surface area contributed by atoms with Crippen LogP contribution in [0.4, 0.5) is 0 Å². The van der Waals surface area contributed by atoms with Gasteiger partial charge in [-0.05, 0) is 48.8 Å². The first-order chi connectivity index (χ1) is 12.6. The van der Waals surface area contributed by atoms with Gasteiger partial charge in [0.25, 0.3) is 5.91 Å². The van der Waals surface area contributed by atoms with E-state index in [2.05, 4.69) is 33.6 Å². The maximum absolute atomic E-state index is 13.4. The van der Waals surface area contributed by atoms with Gasteiger partial charge in [-0.25, -0.2) is 12.7 Å². The molecule has 0 aromatic heterocycles. The van der Waals surface area contributed by atoms with Crippen LogP contribution in [0.2, 0.25) is 0 Å². The van der Waals surface area contributed by atoms with Gasteiger partial charge in [0.15, 0.2) is 6.54 Å². The number of rotatable bonds is 8. The van der Waals surface area contributed by atoms with Crippen LogP contribution in [0.25, 0.3) is 0 Å². The predicted molar refractivity (Wildman–Crippen MR) is 108 cm³/mol. The van der Waals surface area contributed by atoms with E-state index in [1.165, 1.54) is 4.31 Å². The van der Waals surface area contributed by atoms with Gasteiger partial charge >= 0.3 is 0 Å². The Hall–Kier alpha value is -0.920. The Labute approximate surface area is 180 Å². The summed E-state index contributed by atoms with van der Waals surface area (Å²) in [6, 6.07) is -0.179. The fourth-order valence-electron chi connectivity index (χ4n) is 6.21. The molecule has 7 heteroatoms. The molecule has 1 heterocycles. The molecular formula is C21H33BrN2O3S. The van der Waals surface area contributed by atoms with E-state index in [0.29, 0.717) is 30.0 Å². The molecule has 3 fully saturated rings. The van der Waals surface area contributed by atoms with Gasteiger partial charge in [-0.3, -0.25) is 4.79 Å². The van der Waals surface area contributed by atoms with Crippen molar-refractivity contribution in [2.45, 2.75) is 39.2 Å². The Morgan fingerprint density at radius 1 is 1.14 bits per heavy atom. The summed E-state index contributed by atoms with van der Waals surface area (Å²) < 4.78 is 27.8. The van der Waals surface area contributed by atoms with Gasteiger partial charge < -0.3 is 21.5 Å². The van der Waals surface area contributed by atoms with Crippen LogP contribution in [0.3, 0.4) is 0 Å². The standard InChI is InChI=1S/C21H33N2O3S.BrH/c1-6-11-23(12-7-2,13-8-3)15-19(24)22-18-14-17-9-10-21(18,20(17,4)5)16-27(22,25)26;/h6-8,17-18H,1-3,9-16H2,4-5H3;1H/q+1;/p-1/t17-,18-,21-;/m0./s1. The minimum Gasteiger partial charge on any atom is -1.00 e. The predicted octanol–water partition coefficient (Wildman–Crippen LogP) is -0.268. The van der Waals surface area contributed by atoms with Crippen LogP contribution in [-0.2, 0) is 14.8 Å². The summed E-state index contributed by atoms with van der Waals surface area (Å²) in [5.41, 5.74) is -0.313. The molecule has 1 amide bonds. The van der Waals surface area contributed by atoms with E-state index in [-0.39, 0.29) is 52.1 Å². The van der Waals surface area contributed by atoms with Crippen LogP contribution in [-0.4, -0.2) is 61.1 Å². The summed E-state index contributed by atoms with van der Waals surface area (Å²) in [4.78, 5) is 13.4. The smallest absolute Gasteiger partial charge is 0.291 e. The highest BCUT2D eigenvalue weighted by Gasteiger charge is 2.72. The second-order valence-corrected chi connectivity index (χ2v) is 11.1. The molecule has 2 bridgehead atoms. The summed E-state index contributed by atoms with van der Waals surface area (Å²) in [5.74, 6) is 0.331. The number of carbonyl (C=O) groups is 1. The van der Waals surface area contributed by atoms with Crippen LogP contribution in [0.15, 0.2) is 38.0 Å².